The Morgan fingerprint density at radius 2 is 1.84 bits per heavy atom. The van der Waals surface area contributed by atoms with Gasteiger partial charge in [0.25, 0.3) is 0 Å². The van der Waals surface area contributed by atoms with Crippen molar-refractivity contribution in [2.75, 3.05) is 0 Å². The van der Waals surface area contributed by atoms with Gasteiger partial charge in [0.05, 0.1) is 22.9 Å². The Hall–Kier alpha value is -3.47. The molecule has 0 saturated carbocycles. The molecule has 0 spiro atoms. The van der Waals surface area contributed by atoms with E-state index in [2.05, 4.69) is 4.98 Å². The van der Waals surface area contributed by atoms with Crippen molar-refractivity contribution < 1.29 is 14.6 Å². The Kier molecular flexibility index (Phi) is 5.48. The number of aliphatic hydroxyl groups is 1. The van der Waals surface area contributed by atoms with Crippen LogP contribution in [0.15, 0.2) is 78.9 Å². The minimum absolute atomic E-state index is 0.308. The van der Waals surface area contributed by atoms with Crippen LogP contribution in [-0.2, 0) is 4.74 Å². The fourth-order valence-corrected chi connectivity index (χ4v) is 4.15. The Morgan fingerprint density at radius 1 is 1.00 bits per heavy atom. The molecule has 5 heteroatoms. The Morgan fingerprint density at radius 3 is 2.75 bits per heavy atom. The highest BCUT2D eigenvalue weighted by molar-refractivity contribution is 6.31. The van der Waals surface area contributed by atoms with E-state index in [1.807, 2.05) is 84.9 Å². The van der Waals surface area contributed by atoms with Crippen LogP contribution in [0, 0.1) is 0 Å². The highest BCUT2D eigenvalue weighted by atomic mass is 35.5. The summed E-state index contributed by atoms with van der Waals surface area (Å²) in [5.41, 5.74) is 4.78. The third-order valence-corrected chi connectivity index (χ3v) is 5.87. The molecule has 5 rings (SSSR count). The van der Waals surface area contributed by atoms with Crippen LogP contribution in [0.2, 0.25) is 5.02 Å². The predicted molar refractivity (Wildman–Crippen MR) is 126 cm³/mol. The normalized spacial score (nSPS) is 16.3. The third kappa shape index (κ3) is 4.15. The second-order valence-corrected chi connectivity index (χ2v) is 8.25. The second-order valence-electron chi connectivity index (χ2n) is 7.81. The number of nitrogens with zero attached hydrogens (tertiary/aromatic N) is 1. The van der Waals surface area contributed by atoms with Gasteiger partial charge < -0.3 is 9.84 Å². The number of rotatable bonds is 5. The number of benzene rings is 3. The number of cyclic esters (lactones) is 1. The molecule has 0 amide bonds. The number of ether oxygens (including phenoxy) is 1. The smallest absolute Gasteiger partial charge is 0.339 e. The number of carbonyl (C=O) groups excluding carboxylic acids is 1. The number of hydrogen-bond donors (Lipinski definition) is 1. The van der Waals surface area contributed by atoms with Crippen molar-refractivity contribution in [1.29, 1.82) is 0 Å². The molecular weight excluding hydrogens is 422 g/mol. The van der Waals surface area contributed by atoms with Crippen LogP contribution in [0.25, 0.3) is 23.1 Å². The maximum absolute atomic E-state index is 12.0. The molecular formula is C27H20ClNO3. The number of carbonyl (C=O) groups is 1. The van der Waals surface area contributed by atoms with Crippen LogP contribution in [0.1, 0.15) is 51.4 Å². The SMILES string of the molecule is O=C1O[C@H](C[C@H](O)c2cccc(C=Cc3ccc4ccc(Cl)cc4n3)c2)c2ccccc21. The molecule has 2 atom stereocenters. The lowest BCUT2D eigenvalue weighted by atomic mass is 9.96. The lowest BCUT2D eigenvalue weighted by Gasteiger charge is -2.16. The maximum atomic E-state index is 12.0. The summed E-state index contributed by atoms with van der Waals surface area (Å²) in [6.45, 7) is 0. The van der Waals surface area contributed by atoms with Gasteiger partial charge in [0.1, 0.15) is 6.10 Å². The highest BCUT2D eigenvalue weighted by Gasteiger charge is 2.32. The minimum Gasteiger partial charge on any atom is -0.454 e. The largest absolute Gasteiger partial charge is 0.454 e. The van der Waals surface area contributed by atoms with Crippen molar-refractivity contribution in [2.24, 2.45) is 0 Å². The number of pyridine rings is 1. The van der Waals surface area contributed by atoms with Crippen molar-refractivity contribution in [2.45, 2.75) is 18.6 Å². The zero-order valence-corrected chi connectivity index (χ0v) is 17.9. The molecule has 4 nitrogen and oxygen atoms in total. The average molecular weight is 442 g/mol. The van der Waals surface area contributed by atoms with E-state index in [9.17, 15) is 9.90 Å². The standard InChI is InChI=1S/C27H20ClNO3/c28-20-11-9-18-10-13-21(29-24(18)15-20)12-8-17-4-3-5-19(14-17)25(30)16-26-22-6-1-2-7-23(22)27(31)32-26/h1-15,25-26,30H,16H2/t25-,26+/m0/s1. The number of aromatic nitrogens is 1. The quantitative estimate of drug-likeness (QED) is 0.364. The summed E-state index contributed by atoms with van der Waals surface area (Å²) in [5.74, 6) is -0.335. The van der Waals surface area contributed by atoms with Crippen LogP contribution in [0.4, 0.5) is 0 Å². The van der Waals surface area contributed by atoms with Gasteiger partial charge in [-0.15, -0.1) is 0 Å². The molecule has 0 aliphatic carbocycles. The topological polar surface area (TPSA) is 59.4 Å². The third-order valence-electron chi connectivity index (χ3n) is 5.63. The van der Waals surface area contributed by atoms with Gasteiger partial charge in [0.2, 0.25) is 0 Å². The van der Waals surface area contributed by atoms with Gasteiger partial charge in [-0.05, 0) is 47.5 Å². The second kappa shape index (κ2) is 8.58. The molecule has 3 aromatic carbocycles. The van der Waals surface area contributed by atoms with Crippen molar-refractivity contribution >= 4 is 40.6 Å². The monoisotopic (exact) mass is 441 g/mol. The summed E-state index contributed by atoms with van der Waals surface area (Å²) in [5, 5.41) is 12.5. The summed E-state index contributed by atoms with van der Waals surface area (Å²) >= 11 is 6.08. The molecule has 0 saturated heterocycles. The number of fused-ring (bicyclic) bond motifs is 2. The molecule has 0 bridgehead atoms. The average Bonchev–Trinajstić information content (AvgIpc) is 3.13. The molecule has 4 aromatic rings. The van der Waals surface area contributed by atoms with Crippen molar-refractivity contribution in [3.63, 3.8) is 0 Å². The van der Waals surface area contributed by atoms with Gasteiger partial charge in [-0.1, -0.05) is 66.2 Å². The lowest BCUT2D eigenvalue weighted by molar-refractivity contribution is 0.0234. The highest BCUT2D eigenvalue weighted by Crippen LogP contribution is 2.37. The molecule has 0 fully saturated rings. The first-order chi connectivity index (χ1) is 15.6. The van der Waals surface area contributed by atoms with Crippen LogP contribution >= 0.6 is 11.6 Å². The van der Waals surface area contributed by atoms with E-state index in [-0.39, 0.29) is 5.97 Å². The molecule has 0 unspecified atom stereocenters. The van der Waals surface area contributed by atoms with E-state index in [4.69, 9.17) is 16.3 Å². The molecule has 1 aliphatic heterocycles. The van der Waals surface area contributed by atoms with E-state index in [1.165, 1.54) is 0 Å². The summed E-state index contributed by atoms with van der Waals surface area (Å²) in [6.07, 6.45) is 3.00. The number of hydrogen-bond acceptors (Lipinski definition) is 4. The van der Waals surface area contributed by atoms with Gasteiger partial charge in [-0.2, -0.15) is 0 Å². The Balaban J connectivity index is 1.33. The predicted octanol–water partition coefficient (Wildman–Crippen LogP) is 6.39. The Bertz CT molecular complexity index is 1350. The van der Waals surface area contributed by atoms with Gasteiger partial charge in [-0.3, -0.25) is 0 Å². The summed E-state index contributed by atoms with van der Waals surface area (Å²) in [6, 6.07) is 24.6. The molecule has 2 heterocycles. The summed E-state index contributed by atoms with van der Waals surface area (Å²) in [4.78, 5) is 16.7. The van der Waals surface area contributed by atoms with Crippen LogP contribution in [0.3, 0.4) is 0 Å². The van der Waals surface area contributed by atoms with Crippen molar-refractivity contribution in [1.82, 2.24) is 4.98 Å². The van der Waals surface area contributed by atoms with Gasteiger partial charge in [-0.25, -0.2) is 9.78 Å². The summed E-state index contributed by atoms with van der Waals surface area (Å²) < 4.78 is 5.47. The van der Waals surface area contributed by atoms with E-state index in [0.29, 0.717) is 17.0 Å². The van der Waals surface area contributed by atoms with E-state index < -0.39 is 12.2 Å². The van der Waals surface area contributed by atoms with Gasteiger partial charge >= 0.3 is 5.97 Å². The maximum Gasteiger partial charge on any atom is 0.339 e. The number of esters is 1. The fourth-order valence-electron chi connectivity index (χ4n) is 3.98. The number of halogens is 1. The minimum atomic E-state index is -0.756. The summed E-state index contributed by atoms with van der Waals surface area (Å²) in [7, 11) is 0. The molecule has 1 aromatic heterocycles. The Labute approximate surface area is 190 Å². The molecule has 32 heavy (non-hydrogen) atoms. The van der Waals surface area contributed by atoms with E-state index in [1.54, 1.807) is 6.07 Å². The van der Waals surface area contributed by atoms with Crippen molar-refractivity contribution in [3.05, 3.63) is 112 Å². The number of aliphatic hydroxyl groups excluding tert-OH is 1. The van der Waals surface area contributed by atoms with Gasteiger partial charge in [0.15, 0.2) is 0 Å². The van der Waals surface area contributed by atoms with Gasteiger partial charge in [0, 0.05) is 22.4 Å². The lowest BCUT2D eigenvalue weighted by Crippen LogP contribution is -2.06. The molecule has 0 radical (unpaired) electrons. The van der Waals surface area contributed by atoms with Crippen molar-refractivity contribution in [3.8, 4) is 0 Å². The zero-order valence-electron chi connectivity index (χ0n) is 17.1. The van der Waals surface area contributed by atoms with Crippen LogP contribution in [-0.4, -0.2) is 16.1 Å². The molecule has 158 valence electrons. The van der Waals surface area contributed by atoms with E-state index >= 15 is 0 Å². The fraction of sp³-hybridized carbons (Fsp3) is 0.111. The first-order valence-electron chi connectivity index (χ1n) is 10.4. The molecule has 1 N–H and O–H groups in total. The zero-order chi connectivity index (χ0) is 22.1. The first-order valence-corrected chi connectivity index (χ1v) is 10.8. The first kappa shape index (κ1) is 20.4. The molecule has 1 aliphatic rings. The van der Waals surface area contributed by atoms with E-state index in [0.717, 1.165) is 33.3 Å². The van der Waals surface area contributed by atoms with Crippen LogP contribution in [0.5, 0.6) is 0 Å². The van der Waals surface area contributed by atoms with Crippen LogP contribution < -0.4 is 0 Å².